The Labute approximate surface area is 88.3 Å². The topological polar surface area (TPSA) is 17.1 Å². The maximum atomic E-state index is 13.3. The van der Waals surface area contributed by atoms with E-state index in [2.05, 4.69) is 15.9 Å². The maximum Gasteiger partial charge on any atom is 0.150 e. The average Bonchev–Trinajstić information content (AvgIpc) is 2.12. The number of allylic oxidation sites excluding steroid dienone is 1. The molecular weight excluding hydrogens is 258 g/mol. The lowest BCUT2D eigenvalue weighted by Gasteiger charge is -2.01. The van der Waals surface area contributed by atoms with Crippen molar-refractivity contribution in [1.29, 1.82) is 0 Å². The monoisotopic (exact) mass is 262 g/mol. The molecular formula is C9H5BrClFO. The van der Waals surface area contributed by atoms with Gasteiger partial charge in [-0.3, -0.25) is 4.79 Å². The molecule has 1 aromatic rings. The van der Waals surface area contributed by atoms with E-state index in [1.165, 1.54) is 18.2 Å². The summed E-state index contributed by atoms with van der Waals surface area (Å²) in [6.45, 7) is 0. The summed E-state index contributed by atoms with van der Waals surface area (Å²) < 4.78 is 13.8. The highest BCUT2D eigenvalue weighted by Gasteiger charge is 2.07. The molecule has 0 amide bonds. The van der Waals surface area contributed by atoms with Crippen molar-refractivity contribution in [2.24, 2.45) is 0 Å². The molecule has 0 aliphatic rings. The molecule has 0 spiro atoms. The van der Waals surface area contributed by atoms with Crippen molar-refractivity contribution in [3.8, 4) is 0 Å². The Morgan fingerprint density at radius 3 is 2.77 bits per heavy atom. The van der Waals surface area contributed by atoms with Crippen LogP contribution in [0.5, 0.6) is 0 Å². The van der Waals surface area contributed by atoms with Gasteiger partial charge in [0, 0.05) is 10.0 Å². The molecule has 0 radical (unpaired) electrons. The van der Waals surface area contributed by atoms with E-state index in [4.69, 9.17) is 11.6 Å². The van der Waals surface area contributed by atoms with Gasteiger partial charge in [-0.1, -0.05) is 27.5 Å². The maximum absolute atomic E-state index is 13.3. The van der Waals surface area contributed by atoms with Crippen molar-refractivity contribution in [3.05, 3.63) is 39.1 Å². The Morgan fingerprint density at radius 1 is 1.46 bits per heavy atom. The number of halogens is 3. The first-order chi connectivity index (χ1) is 6.16. The summed E-state index contributed by atoms with van der Waals surface area (Å²) >= 11 is 8.69. The molecule has 0 atom stereocenters. The molecule has 1 aromatic carbocycles. The minimum absolute atomic E-state index is 0.0359. The van der Waals surface area contributed by atoms with Gasteiger partial charge in [0.1, 0.15) is 12.1 Å². The molecule has 0 N–H and O–H groups in total. The molecule has 0 aromatic heterocycles. The fourth-order valence-corrected chi connectivity index (χ4v) is 1.43. The third-order valence-corrected chi connectivity index (χ3v) is 2.40. The quantitative estimate of drug-likeness (QED) is 0.454. The van der Waals surface area contributed by atoms with Crippen LogP contribution in [0.1, 0.15) is 5.56 Å². The number of hydrogen-bond acceptors (Lipinski definition) is 1. The third kappa shape index (κ3) is 2.39. The highest BCUT2D eigenvalue weighted by atomic mass is 79.9. The molecule has 1 rings (SSSR count). The van der Waals surface area contributed by atoms with Crippen molar-refractivity contribution in [1.82, 2.24) is 0 Å². The van der Waals surface area contributed by atoms with E-state index >= 15 is 0 Å². The Morgan fingerprint density at radius 2 is 2.15 bits per heavy atom. The van der Waals surface area contributed by atoms with Gasteiger partial charge in [-0.05, 0) is 24.3 Å². The molecule has 13 heavy (non-hydrogen) atoms. The van der Waals surface area contributed by atoms with E-state index in [0.29, 0.717) is 10.8 Å². The molecule has 0 aliphatic carbocycles. The normalized spacial score (nSPS) is 10.7. The van der Waals surface area contributed by atoms with Crippen LogP contribution in [0.25, 0.3) is 6.08 Å². The molecule has 1 nitrogen and oxygen atoms in total. The Kier molecular flexibility index (Phi) is 3.63. The van der Waals surface area contributed by atoms with E-state index in [1.807, 2.05) is 0 Å². The van der Waals surface area contributed by atoms with Crippen LogP contribution in [-0.2, 0) is 4.79 Å². The highest BCUT2D eigenvalue weighted by molar-refractivity contribution is 9.10. The molecule has 68 valence electrons. The van der Waals surface area contributed by atoms with Crippen LogP contribution in [0.15, 0.2) is 22.7 Å². The van der Waals surface area contributed by atoms with Crippen LogP contribution in [0, 0.1) is 5.82 Å². The number of hydrogen-bond donors (Lipinski definition) is 0. The van der Waals surface area contributed by atoms with Gasteiger partial charge in [0.15, 0.2) is 0 Å². The number of benzene rings is 1. The van der Waals surface area contributed by atoms with Gasteiger partial charge in [-0.2, -0.15) is 0 Å². The first kappa shape index (κ1) is 10.4. The number of carbonyl (C=O) groups is 1. The molecule has 0 saturated carbocycles. The summed E-state index contributed by atoms with van der Waals surface area (Å²) in [6, 6.07) is 3.06. The van der Waals surface area contributed by atoms with Crippen LogP contribution >= 0.6 is 27.5 Å². The van der Waals surface area contributed by atoms with Gasteiger partial charge in [-0.25, -0.2) is 4.39 Å². The van der Waals surface area contributed by atoms with Crippen molar-refractivity contribution in [2.75, 3.05) is 0 Å². The lowest BCUT2D eigenvalue weighted by molar-refractivity contribution is -0.104. The van der Waals surface area contributed by atoms with Crippen LogP contribution in [0.4, 0.5) is 4.39 Å². The van der Waals surface area contributed by atoms with E-state index < -0.39 is 5.82 Å². The second kappa shape index (κ2) is 4.53. The lowest BCUT2D eigenvalue weighted by atomic mass is 10.2. The summed E-state index contributed by atoms with van der Waals surface area (Å²) in [6.07, 6.45) is 3.14. The van der Waals surface area contributed by atoms with Crippen molar-refractivity contribution in [2.45, 2.75) is 0 Å². The summed E-state index contributed by atoms with van der Waals surface area (Å²) in [5.41, 5.74) is 0.277. The first-order valence-corrected chi connectivity index (χ1v) is 4.59. The summed E-state index contributed by atoms with van der Waals surface area (Å²) in [5.74, 6) is -0.533. The lowest BCUT2D eigenvalue weighted by Crippen LogP contribution is -1.85. The second-order valence-corrected chi connectivity index (χ2v) is 3.51. The zero-order valence-electron chi connectivity index (χ0n) is 6.43. The zero-order chi connectivity index (χ0) is 9.84. The van der Waals surface area contributed by atoms with E-state index in [1.54, 1.807) is 6.07 Å². The molecule has 0 aliphatic heterocycles. The minimum Gasteiger partial charge on any atom is -0.299 e. The standard InChI is InChI=1S/C9H5BrClFO/c10-7-3-4-8(11)9(12)6(7)2-1-5-13/h1-5H/b2-1+. The number of aldehydes is 1. The van der Waals surface area contributed by atoms with Gasteiger partial charge in [0.25, 0.3) is 0 Å². The summed E-state index contributed by atoms with van der Waals surface area (Å²) in [7, 11) is 0. The summed E-state index contributed by atoms with van der Waals surface area (Å²) in [5, 5.41) is 0.0359. The number of rotatable bonds is 2. The van der Waals surface area contributed by atoms with Gasteiger partial charge >= 0.3 is 0 Å². The Hall–Kier alpha value is -0.670. The van der Waals surface area contributed by atoms with Crippen molar-refractivity contribution >= 4 is 39.9 Å². The first-order valence-electron chi connectivity index (χ1n) is 3.42. The fourth-order valence-electron chi connectivity index (χ4n) is 0.831. The van der Waals surface area contributed by atoms with Gasteiger partial charge in [0.05, 0.1) is 5.02 Å². The predicted octanol–water partition coefficient (Wildman–Crippen LogP) is 3.45. The van der Waals surface area contributed by atoms with E-state index in [-0.39, 0.29) is 10.6 Å². The molecule has 0 unspecified atom stereocenters. The molecule has 0 heterocycles. The van der Waals surface area contributed by atoms with Gasteiger partial charge in [-0.15, -0.1) is 0 Å². The van der Waals surface area contributed by atoms with Crippen LogP contribution in [-0.4, -0.2) is 6.29 Å². The Balaban J connectivity index is 3.25. The van der Waals surface area contributed by atoms with E-state index in [9.17, 15) is 9.18 Å². The SMILES string of the molecule is O=C/C=C/c1c(Br)ccc(Cl)c1F. The van der Waals surface area contributed by atoms with Crippen molar-refractivity contribution in [3.63, 3.8) is 0 Å². The predicted molar refractivity (Wildman–Crippen MR) is 54.2 cm³/mol. The van der Waals surface area contributed by atoms with Gasteiger partial charge < -0.3 is 0 Å². The van der Waals surface area contributed by atoms with Crippen LogP contribution in [0.3, 0.4) is 0 Å². The van der Waals surface area contributed by atoms with Gasteiger partial charge in [0.2, 0.25) is 0 Å². The molecule has 0 fully saturated rings. The minimum atomic E-state index is -0.533. The molecule has 0 saturated heterocycles. The smallest absolute Gasteiger partial charge is 0.150 e. The van der Waals surface area contributed by atoms with E-state index in [0.717, 1.165) is 0 Å². The third-order valence-electron chi connectivity index (χ3n) is 1.42. The summed E-state index contributed by atoms with van der Waals surface area (Å²) in [4.78, 5) is 10.0. The zero-order valence-corrected chi connectivity index (χ0v) is 8.77. The number of carbonyl (C=O) groups excluding carboxylic acids is 1. The fraction of sp³-hybridized carbons (Fsp3) is 0. The van der Waals surface area contributed by atoms with Crippen molar-refractivity contribution < 1.29 is 9.18 Å². The second-order valence-electron chi connectivity index (χ2n) is 2.25. The average molecular weight is 263 g/mol. The van der Waals surface area contributed by atoms with Crippen LogP contribution in [0.2, 0.25) is 5.02 Å². The van der Waals surface area contributed by atoms with Crippen LogP contribution < -0.4 is 0 Å². The largest absolute Gasteiger partial charge is 0.299 e. The Bertz CT molecular complexity index is 363. The molecule has 0 bridgehead atoms. The highest BCUT2D eigenvalue weighted by Crippen LogP contribution is 2.26. The molecule has 4 heteroatoms.